The van der Waals surface area contributed by atoms with Crippen molar-refractivity contribution in [3.63, 3.8) is 0 Å². The third-order valence-electron chi connectivity index (χ3n) is 10.6. The lowest BCUT2D eigenvalue weighted by Crippen LogP contribution is -2.19. The van der Waals surface area contributed by atoms with Crippen LogP contribution in [0, 0.1) is 11.8 Å². The molecule has 0 aliphatic carbocycles. The molecule has 0 atom stereocenters. The molecule has 0 amide bonds. The average molecular weight is 745 g/mol. The molecule has 0 saturated heterocycles. The number of hydrogen-bond acceptors (Lipinski definition) is 1. The Labute approximate surface area is 335 Å². The monoisotopic (exact) mass is 744 g/mol. The van der Waals surface area contributed by atoms with Crippen LogP contribution in [0.1, 0.15) is 66.5 Å². The number of carbonyl (C=O) groups is 1. The first-order chi connectivity index (χ1) is 28.7. The maximum atomic E-state index is 11.4. The molecule has 0 unspecified atom stereocenters. The highest BCUT2D eigenvalue weighted by Gasteiger charge is 2.20. The van der Waals surface area contributed by atoms with Crippen molar-refractivity contribution >= 4 is 28.6 Å². The van der Waals surface area contributed by atoms with Crippen molar-refractivity contribution < 1.29 is 4.79 Å². The highest BCUT2D eigenvalue weighted by molar-refractivity contribution is 5.86. The number of aromatic nitrogens is 4. The second kappa shape index (κ2) is 14.9. The molecule has 1 aliphatic rings. The first-order valence-corrected chi connectivity index (χ1v) is 19.3. The van der Waals surface area contributed by atoms with Crippen LogP contribution >= 0.6 is 0 Å². The zero-order chi connectivity index (χ0) is 38.8. The first kappa shape index (κ1) is 34.4. The quantitative estimate of drug-likeness (QED) is 0.107. The zero-order valence-electron chi connectivity index (χ0n) is 31.4. The van der Waals surface area contributed by atoms with Gasteiger partial charge in [-0.2, -0.15) is 0 Å². The second-order valence-corrected chi connectivity index (χ2v) is 14.3. The number of hydrogen-bond donors (Lipinski definition) is 4. The van der Waals surface area contributed by atoms with Gasteiger partial charge in [0, 0.05) is 71.9 Å². The summed E-state index contributed by atoms with van der Waals surface area (Å²) < 4.78 is 0. The number of rotatable bonds is 5. The summed E-state index contributed by atoms with van der Waals surface area (Å²) in [5.41, 5.74) is 14.5. The van der Waals surface area contributed by atoms with Gasteiger partial charge in [-0.15, -0.1) is 0 Å². The minimum Gasteiger partial charge on any atom is -0.354 e. The van der Waals surface area contributed by atoms with E-state index in [1.807, 2.05) is 30.3 Å². The van der Waals surface area contributed by atoms with Gasteiger partial charge >= 0.3 is 0 Å². The van der Waals surface area contributed by atoms with Gasteiger partial charge in [0.05, 0.1) is 11.3 Å². The van der Waals surface area contributed by atoms with Crippen LogP contribution in [0.5, 0.6) is 0 Å². The minimum atomic E-state index is 0.614. The number of H-pyrrole nitrogens is 4. The summed E-state index contributed by atoms with van der Waals surface area (Å²) in [5.74, 6) is 6.95. The van der Waals surface area contributed by atoms with E-state index in [2.05, 4.69) is 177 Å². The molecule has 5 heterocycles. The fraction of sp³-hybridized carbons (Fsp3) is 0. The lowest BCUT2D eigenvalue weighted by molar-refractivity contribution is 0.112. The molecule has 58 heavy (non-hydrogen) atoms. The van der Waals surface area contributed by atoms with E-state index in [9.17, 15) is 4.79 Å². The standard InChI is InChI=1S/C53H36N4O/c58-34-36-23-21-35(22-24-36)25-26-41-33-48-51(39-17-9-3-10-18-39)46-30-29-44(55-46)49(37-13-5-1-6-14-37)42-27-28-43(54-42)50(38-15-7-2-8-16-38)45-31-32-47(56-45)52(53(41)57-48)40-19-11-4-12-20-40/h1-24,27-34,54-57H. The maximum Gasteiger partial charge on any atom is 0.150 e. The predicted octanol–water partition coefficient (Wildman–Crippen LogP) is 7.51. The molecular weight excluding hydrogens is 709 g/mol. The number of benzene rings is 5. The van der Waals surface area contributed by atoms with E-state index in [0.717, 1.165) is 106 Å². The van der Waals surface area contributed by atoms with Crippen LogP contribution in [-0.4, -0.2) is 26.2 Å². The number of fused-ring (bicyclic) bond motifs is 8. The fourth-order valence-corrected chi connectivity index (χ4v) is 7.95. The molecule has 1 aliphatic heterocycles. The number of aldehydes is 1. The SMILES string of the molecule is O=Cc1ccc(C#Cc2cc3[nH]c2C(c2ccccc2)=c2ccc([nH]2)=C(c2ccccc2)c2ccc([nH]2)C(c2ccccc2)=c2ccc([nH]2)=C3c2ccccc2)cc1. The van der Waals surface area contributed by atoms with Crippen molar-refractivity contribution in [2.24, 2.45) is 0 Å². The summed E-state index contributed by atoms with van der Waals surface area (Å²) in [6, 6.07) is 64.6. The minimum absolute atomic E-state index is 0.614. The normalized spacial score (nSPS) is 12.3. The predicted molar refractivity (Wildman–Crippen MR) is 232 cm³/mol. The van der Waals surface area contributed by atoms with Crippen LogP contribution in [0.3, 0.4) is 0 Å². The Morgan fingerprint density at radius 2 is 0.776 bits per heavy atom. The van der Waals surface area contributed by atoms with Crippen molar-refractivity contribution in [2.45, 2.75) is 0 Å². The van der Waals surface area contributed by atoms with E-state index in [4.69, 9.17) is 0 Å². The van der Waals surface area contributed by atoms with Crippen LogP contribution < -0.4 is 21.4 Å². The lowest BCUT2D eigenvalue weighted by atomic mass is 9.99. The summed E-state index contributed by atoms with van der Waals surface area (Å²) in [4.78, 5) is 26.9. The van der Waals surface area contributed by atoms with Gasteiger partial charge in [0.15, 0.2) is 0 Å². The molecule has 4 aromatic heterocycles. The molecule has 8 bridgehead atoms. The van der Waals surface area contributed by atoms with E-state index in [1.54, 1.807) is 12.1 Å². The number of aromatic amines is 4. The topological polar surface area (TPSA) is 80.2 Å². The number of nitrogens with one attached hydrogen (secondary N) is 4. The van der Waals surface area contributed by atoms with Gasteiger partial charge in [-0.25, -0.2) is 0 Å². The Bertz CT molecular complexity index is 3260. The fourth-order valence-electron chi connectivity index (χ4n) is 7.95. The van der Waals surface area contributed by atoms with E-state index < -0.39 is 0 Å². The van der Waals surface area contributed by atoms with Crippen molar-refractivity contribution in [2.75, 3.05) is 0 Å². The molecule has 10 rings (SSSR count). The summed E-state index contributed by atoms with van der Waals surface area (Å²) in [6.07, 6.45) is 0.850. The Morgan fingerprint density at radius 1 is 0.362 bits per heavy atom. The molecule has 0 radical (unpaired) electrons. The van der Waals surface area contributed by atoms with Gasteiger partial charge in [0.25, 0.3) is 0 Å². The van der Waals surface area contributed by atoms with E-state index in [1.165, 1.54) is 0 Å². The number of carbonyl (C=O) groups excluding carboxylic acids is 1. The molecule has 0 fully saturated rings. The Hall–Kier alpha value is -8.07. The summed E-state index contributed by atoms with van der Waals surface area (Å²) >= 11 is 0. The molecule has 5 aromatic carbocycles. The van der Waals surface area contributed by atoms with Crippen molar-refractivity contribution in [1.82, 2.24) is 19.9 Å². The van der Waals surface area contributed by atoms with Gasteiger partial charge in [0.2, 0.25) is 0 Å². The second-order valence-electron chi connectivity index (χ2n) is 14.3. The Kier molecular flexibility index (Phi) is 8.83. The molecule has 4 N–H and O–H groups in total. The van der Waals surface area contributed by atoms with E-state index in [-0.39, 0.29) is 0 Å². The zero-order valence-corrected chi connectivity index (χ0v) is 31.4. The van der Waals surface area contributed by atoms with Crippen molar-refractivity contribution in [3.05, 3.63) is 271 Å². The van der Waals surface area contributed by atoms with Crippen LogP contribution in [0.15, 0.2) is 188 Å². The van der Waals surface area contributed by atoms with Gasteiger partial charge in [-0.05, 0) is 76.9 Å². The lowest BCUT2D eigenvalue weighted by Gasteiger charge is -2.10. The molecule has 9 aromatic rings. The summed E-state index contributed by atoms with van der Waals surface area (Å²) in [7, 11) is 0. The molecular formula is C53H36N4O. The van der Waals surface area contributed by atoms with Crippen LogP contribution in [0.25, 0.3) is 22.3 Å². The largest absolute Gasteiger partial charge is 0.354 e. The van der Waals surface area contributed by atoms with Crippen LogP contribution in [-0.2, 0) is 0 Å². The molecule has 0 saturated carbocycles. The molecule has 5 nitrogen and oxygen atoms in total. The van der Waals surface area contributed by atoms with Gasteiger partial charge in [0.1, 0.15) is 6.29 Å². The van der Waals surface area contributed by atoms with E-state index >= 15 is 0 Å². The average Bonchev–Trinajstić information content (AvgIpc) is 4.12. The maximum absolute atomic E-state index is 11.4. The van der Waals surface area contributed by atoms with E-state index in [0.29, 0.717) is 5.56 Å². The third kappa shape index (κ3) is 6.45. The first-order valence-electron chi connectivity index (χ1n) is 19.3. The molecule has 274 valence electrons. The van der Waals surface area contributed by atoms with Crippen molar-refractivity contribution in [1.29, 1.82) is 0 Å². The van der Waals surface area contributed by atoms with Gasteiger partial charge < -0.3 is 19.9 Å². The smallest absolute Gasteiger partial charge is 0.150 e. The third-order valence-corrected chi connectivity index (χ3v) is 10.6. The van der Waals surface area contributed by atoms with Gasteiger partial charge in [-0.3, -0.25) is 4.79 Å². The van der Waals surface area contributed by atoms with Crippen molar-refractivity contribution in [3.8, 4) is 11.8 Å². The van der Waals surface area contributed by atoms with Gasteiger partial charge in [-0.1, -0.05) is 145 Å². The highest BCUT2D eigenvalue weighted by Crippen LogP contribution is 2.30. The Balaban J connectivity index is 1.37. The molecule has 5 heteroatoms. The summed E-state index contributed by atoms with van der Waals surface area (Å²) in [5, 5.41) is 3.87. The highest BCUT2D eigenvalue weighted by atomic mass is 16.1. The Morgan fingerprint density at radius 3 is 1.22 bits per heavy atom. The van der Waals surface area contributed by atoms with Crippen LogP contribution in [0.4, 0.5) is 0 Å². The summed E-state index contributed by atoms with van der Waals surface area (Å²) in [6.45, 7) is 0. The molecule has 0 spiro atoms. The van der Waals surface area contributed by atoms with Crippen LogP contribution in [0.2, 0.25) is 0 Å².